The Bertz CT molecular complexity index is 823. The number of nitrogens with zero attached hydrogens (tertiary/aromatic N) is 3. The highest BCUT2D eigenvalue weighted by Crippen LogP contribution is 2.17. The zero-order chi connectivity index (χ0) is 16.3. The fourth-order valence-electron chi connectivity index (χ4n) is 1.66. The Morgan fingerprint density at radius 3 is 2.86 bits per heavy atom. The van der Waals surface area contributed by atoms with Crippen LogP contribution >= 0.6 is 23.6 Å². The number of carbonyl (C=O) groups is 1. The lowest BCUT2D eigenvalue weighted by molar-refractivity contribution is -0.384. The standard InChI is InChI=1S/C13H12N4O3S2/c1-8-11(22-13(21)16(8)2)12(18)15-14-7-9-4-3-5-10(6-9)17(19)20/h3-7H,1-2H3,(H,15,18)/b14-7-. The zero-order valence-electron chi connectivity index (χ0n) is 11.8. The van der Waals surface area contributed by atoms with E-state index in [2.05, 4.69) is 10.5 Å². The van der Waals surface area contributed by atoms with Gasteiger partial charge in [-0.15, -0.1) is 0 Å². The third-order valence-electron chi connectivity index (χ3n) is 2.96. The van der Waals surface area contributed by atoms with Crippen LogP contribution in [0.5, 0.6) is 0 Å². The highest BCUT2D eigenvalue weighted by atomic mass is 32.1. The van der Waals surface area contributed by atoms with Crippen molar-refractivity contribution in [3.8, 4) is 0 Å². The van der Waals surface area contributed by atoms with Gasteiger partial charge in [0.05, 0.1) is 11.1 Å². The van der Waals surface area contributed by atoms with Gasteiger partial charge >= 0.3 is 0 Å². The quantitative estimate of drug-likeness (QED) is 0.402. The number of hydrazone groups is 1. The number of benzene rings is 1. The van der Waals surface area contributed by atoms with Gasteiger partial charge in [-0.2, -0.15) is 5.10 Å². The average Bonchev–Trinajstić information content (AvgIpc) is 2.75. The topological polar surface area (TPSA) is 89.5 Å². The van der Waals surface area contributed by atoms with Crippen LogP contribution in [0.4, 0.5) is 5.69 Å². The monoisotopic (exact) mass is 336 g/mol. The second-order valence-electron chi connectivity index (χ2n) is 4.39. The lowest BCUT2D eigenvalue weighted by atomic mass is 10.2. The van der Waals surface area contributed by atoms with Crippen LogP contribution in [-0.4, -0.2) is 21.6 Å². The molecule has 22 heavy (non-hydrogen) atoms. The molecule has 0 aliphatic carbocycles. The lowest BCUT2D eigenvalue weighted by Crippen LogP contribution is -2.17. The first-order valence-electron chi connectivity index (χ1n) is 6.14. The molecule has 0 aliphatic heterocycles. The van der Waals surface area contributed by atoms with E-state index in [1.54, 1.807) is 30.7 Å². The van der Waals surface area contributed by atoms with Crippen molar-refractivity contribution in [2.45, 2.75) is 6.92 Å². The van der Waals surface area contributed by atoms with Crippen LogP contribution in [0.25, 0.3) is 0 Å². The number of nitro groups is 1. The van der Waals surface area contributed by atoms with E-state index in [0.29, 0.717) is 14.4 Å². The molecule has 1 heterocycles. The molecule has 0 atom stereocenters. The molecule has 7 nitrogen and oxygen atoms in total. The predicted octanol–water partition coefficient (Wildman–Crippen LogP) is 2.80. The van der Waals surface area contributed by atoms with Crippen LogP contribution in [0, 0.1) is 21.0 Å². The number of aromatic nitrogens is 1. The summed E-state index contributed by atoms with van der Waals surface area (Å²) in [5.41, 5.74) is 3.64. The van der Waals surface area contributed by atoms with Crippen molar-refractivity contribution in [2.75, 3.05) is 0 Å². The number of amides is 1. The fraction of sp³-hybridized carbons (Fsp3) is 0.154. The van der Waals surface area contributed by atoms with Crippen molar-refractivity contribution in [3.63, 3.8) is 0 Å². The van der Waals surface area contributed by atoms with Gasteiger partial charge in [0.15, 0.2) is 3.95 Å². The van der Waals surface area contributed by atoms with Gasteiger partial charge in [0.25, 0.3) is 11.6 Å². The Balaban J connectivity index is 2.10. The second kappa shape index (κ2) is 6.58. The summed E-state index contributed by atoms with van der Waals surface area (Å²) in [6.45, 7) is 1.80. The maximum absolute atomic E-state index is 12.0. The average molecular weight is 336 g/mol. The van der Waals surface area contributed by atoms with E-state index in [9.17, 15) is 14.9 Å². The van der Waals surface area contributed by atoms with Crippen LogP contribution in [0.3, 0.4) is 0 Å². The van der Waals surface area contributed by atoms with Gasteiger partial charge in [0.2, 0.25) is 0 Å². The molecule has 0 aliphatic rings. The smallest absolute Gasteiger partial charge is 0.283 e. The summed E-state index contributed by atoms with van der Waals surface area (Å²) in [7, 11) is 1.79. The number of nitrogens with one attached hydrogen (secondary N) is 1. The fourth-order valence-corrected chi connectivity index (χ4v) is 2.92. The van der Waals surface area contributed by atoms with Crippen molar-refractivity contribution in [2.24, 2.45) is 12.1 Å². The van der Waals surface area contributed by atoms with Crippen LogP contribution in [0.1, 0.15) is 20.9 Å². The van der Waals surface area contributed by atoms with Crippen LogP contribution in [0.15, 0.2) is 29.4 Å². The number of nitro benzene ring substituents is 1. The van der Waals surface area contributed by atoms with E-state index < -0.39 is 4.92 Å². The molecule has 114 valence electrons. The molecule has 1 N–H and O–H groups in total. The molecule has 1 aromatic carbocycles. The van der Waals surface area contributed by atoms with E-state index >= 15 is 0 Å². The molecule has 0 saturated carbocycles. The minimum atomic E-state index is -0.490. The van der Waals surface area contributed by atoms with E-state index in [-0.39, 0.29) is 11.6 Å². The first-order chi connectivity index (χ1) is 10.4. The number of non-ortho nitro benzene ring substituents is 1. The van der Waals surface area contributed by atoms with Gasteiger partial charge in [-0.05, 0) is 19.1 Å². The SMILES string of the molecule is Cc1c(C(=O)N/N=C\c2cccc([N+](=O)[O-])c2)sc(=S)n1C. The molecule has 2 aromatic rings. The van der Waals surface area contributed by atoms with Gasteiger partial charge in [-0.3, -0.25) is 14.9 Å². The van der Waals surface area contributed by atoms with Crippen molar-refractivity contribution in [1.29, 1.82) is 0 Å². The zero-order valence-corrected chi connectivity index (χ0v) is 13.4. The van der Waals surface area contributed by atoms with Gasteiger partial charge < -0.3 is 4.57 Å². The number of thiazole rings is 1. The molecule has 0 bridgehead atoms. The largest absolute Gasteiger partial charge is 0.330 e. The molecule has 2 rings (SSSR count). The van der Waals surface area contributed by atoms with E-state index in [1.807, 2.05) is 0 Å². The Hall–Kier alpha value is -2.39. The maximum Gasteiger partial charge on any atom is 0.283 e. The molecule has 1 aromatic heterocycles. The predicted molar refractivity (Wildman–Crippen MR) is 87.0 cm³/mol. The van der Waals surface area contributed by atoms with Crippen molar-refractivity contribution in [3.05, 3.63) is 54.5 Å². The highest BCUT2D eigenvalue weighted by Gasteiger charge is 2.13. The van der Waals surface area contributed by atoms with Gasteiger partial charge in [-0.25, -0.2) is 5.43 Å². The van der Waals surface area contributed by atoms with Gasteiger partial charge in [-0.1, -0.05) is 23.5 Å². The second-order valence-corrected chi connectivity index (χ2v) is 6.04. The Morgan fingerprint density at radius 2 is 2.27 bits per heavy atom. The molecule has 0 saturated heterocycles. The van der Waals surface area contributed by atoms with Gasteiger partial charge in [0.1, 0.15) is 4.88 Å². The van der Waals surface area contributed by atoms with Crippen LogP contribution in [-0.2, 0) is 7.05 Å². The van der Waals surface area contributed by atoms with Crippen molar-refractivity contribution >= 4 is 41.4 Å². The van der Waals surface area contributed by atoms with E-state index in [1.165, 1.54) is 29.7 Å². The lowest BCUT2D eigenvalue weighted by Gasteiger charge is -1.99. The number of hydrogen-bond acceptors (Lipinski definition) is 6. The number of hydrogen-bond donors (Lipinski definition) is 1. The minimum Gasteiger partial charge on any atom is -0.330 e. The summed E-state index contributed by atoms with van der Waals surface area (Å²) in [5, 5.41) is 14.5. The molecule has 0 fully saturated rings. The highest BCUT2D eigenvalue weighted by molar-refractivity contribution is 7.73. The maximum atomic E-state index is 12.0. The van der Waals surface area contributed by atoms with Crippen molar-refractivity contribution in [1.82, 2.24) is 9.99 Å². The van der Waals surface area contributed by atoms with Gasteiger partial charge in [0, 0.05) is 30.4 Å². The third kappa shape index (κ3) is 3.43. The molecule has 0 spiro atoms. The third-order valence-corrected chi connectivity index (χ3v) is 4.62. The van der Waals surface area contributed by atoms with Crippen LogP contribution in [0.2, 0.25) is 0 Å². The molecular weight excluding hydrogens is 324 g/mol. The normalized spacial score (nSPS) is 10.8. The molecule has 0 radical (unpaired) electrons. The summed E-state index contributed by atoms with van der Waals surface area (Å²) < 4.78 is 2.35. The first-order valence-corrected chi connectivity index (χ1v) is 7.37. The summed E-state index contributed by atoms with van der Waals surface area (Å²) in [4.78, 5) is 22.7. The number of carbonyl (C=O) groups excluding carboxylic acids is 1. The molecule has 0 unspecified atom stereocenters. The molecular formula is C13H12N4O3S2. The van der Waals surface area contributed by atoms with E-state index in [4.69, 9.17) is 12.2 Å². The summed E-state index contributed by atoms with van der Waals surface area (Å²) in [6.07, 6.45) is 1.35. The minimum absolute atomic E-state index is 0.0350. The molecule has 9 heteroatoms. The number of rotatable bonds is 4. The summed E-state index contributed by atoms with van der Waals surface area (Å²) in [5.74, 6) is -0.365. The summed E-state index contributed by atoms with van der Waals surface area (Å²) >= 11 is 6.31. The molecule has 1 amide bonds. The van der Waals surface area contributed by atoms with E-state index in [0.717, 1.165) is 5.69 Å². The first kappa shape index (κ1) is 16.0. The van der Waals surface area contributed by atoms with Crippen molar-refractivity contribution < 1.29 is 9.72 Å². The van der Waals surface area contributed by atoms with Crippen LogP contribution < -0.4 is 5.43 Å². The Labute approximate surface area is 135 Å². The summed E-state index contributed by atoms with van der Waals surface area (Å²) in [6, 6.07) is 5.96. The Kier molecular flexibility index (Phi) is 4.78. The Morgan fingerprint density at radius 1 is 1.55 bits per heavy atom.